The van der Waals surface area contributed by atoms with Crippen molar-refractivity contribution in [2.24, 2.45) is 5.92 Å². The molecule has 1 heterocycles. The van der Waals surface area contributed by atoms with Crippen molar-refractivity contribution in [3.63, 3.8) is 0 Å². The van der Waals surface area contributed by atoms with Crippen LogP contribution in [-0.4, -0.2) is 30.6 Å². The van der Waals surface area contributed by atoms with Gasteiger partial charge >= 0.3 is 0 Å². The normalized spacial score (nSPS) is 18.0. The van der Waals surface area contributed by atoms with Gasteiger partial charge in [0, 0.05) is 11.3 Å². The Labute approximate surface area is 183 Å². The number of anilines is 1. The molecule has 0 aliphatic carbocycles. The van der Waals surface area contributed by atoms with E-state index in [1.807, 2.05) is 0 Å². The molecule has 0 bridgehead atoms. The minimum absolute atomic E-state index is 0.139. The lowest BCUT2D eigenvalue weighted by Crippen LogP contribution is -2.31. The number of amides is 1. The number of rotatable bonds is 6. The molecule has 3 aromatic carbocycles. The molecule has 0 radical (unpaired) electrons. The van der Waals surface area contributed by atoms with Crippen LogP contribution in [0.1, 0.15) is 32.3 Å². The van der Waals surface area contributed by atoms with E-state index in [9.17, 15) is 24.3 Å². The predicted molar refractivity (Wildman–Crippen MR) is 113 cm³/mol. The summed E-state index contributed by atoms with van der Waals surface area (Å²) in [5.41, 5.74) is 0.907. The first-order chi connectivity index (χ1) is 15.4. The molecular formula is C25H18NO6-. The lowest BCUT2D eigenvalue weighted by Gasteiger charge is -2.27. The second-order valence-corrected chi connectivity index (χ2v) is 7.30. The van der Waals surface area contributed by atoms with Crippen LogP contribution in [0.5, 0.6) is 5.75 Å². The van der Waals surface area contributed by atoms with Crippen LogP contribution in [-0.2, 0) is 9.59 Å². The average molecular weight is 428 g/mol. The molecule has 3 aromatic rings. The summed E-state index contributed by atoms with van der Waals surface area (Å²) in [7, 11) is 1.50. The molecule has 1 aliphatic heterocycles. The summed E-state index contributed by atoms with van der Waals surface area (Å²) in [6.45, 7) is 0. The number of Topliss-reactive ketones (excluding diaryl/α,β-unsaturated/α-hetero) is 2. The Hall–Kier alpha value is -4.26. The van der Waals surface area contributed by atoms with Gasteiger partial charge < -0.3 is 14.6 Å². The third kappa shape index (κ3) is 3.65. The van der Waals surface area contributed by atoms with Gasteiger partial charge in [-0.15, -0.1) is 0 Å². The van der Waals surface area contributed by atoms with Crippen LogP contribution in [0.15, 0.2) is 78.9 Å². The van der Waals surface area contributed by atoms with E-state index in [0.29, 0.717) is 11.3 Å². The Balaban J connectivity index is 1.83. The van der Waals surface area contributed by atoms with Gasteiger partial charge in [0.15, 0.2) is 5.78 Å². The van der Waals surface area contributed by atoms with Gasteiger partial charge in [-0.1, -0.05) is 42.5 Å². The minimum atomic E-state index is -1.41. The zero-order valence-corrected chi connectivity index (χ0v) is 17.1. The number of aromatic carboxylic acids is 1. The fraction of sp³-hybridized carbons (Fsp3) is 0.120. The van der Waals surface area contributed by atoms with Crippen molar-refractivity contribution in [2.75, 3.05) is 12.0 Å². The lowest BCUT2D eigenvalue weighted by molar-refractivity contribution is -0.255. The maximum Gasteiger partial charge on any atom is 0.295 e. The Morgan fingerprint density at radius 2 is 1.56 bits per heavy atom. The van der Waals surface area contributed by atoms with Gasteiger partial charge in [0.2, 0.25) is 5.78 Å². The summed E-state index contributed by atoms with van der Waals surface area (Å²) in [5.74, 6) is -4.37. The Morgan fingerprint density at radius 1 is 0.875 bits per heavy atom. The van der Waals surface area contributed by atoms with Gasteiger partial charge in [0.05, 0.1) is 19.1 Å². The van der Waals surface area contributed by atoms with Crippen molar-refractivity contribution in [1.29, 1.82) is 0 Å². The fourth-order valence-electron chi connectivity index (χ4n) is 3.92. The summed E-state index contributed by atoms with van der Waals surface area (Å²) < 4.78 is 5.11. The van der Waals surface area contributed by atoms with Crippen LogP contribution in [0.4, 0.5) is 5.69 Å². The van der Waals surface area contributed by atoms with Crippen LogP contribution in [0.25, 0.3) is 0 Å². The molecule has 7 heteroatoms. The average Bonchev–Trinajstić information content (AvgIpc) is 3.09. The number of methoxy groups -OCH3 is 1. The molecule has 7 nitrogen and oxygen atoms in total. The van der Waals surface area contributed by atoms with Crippen LogP contribution in [0.2, 0.25) is 0 Å². The summed E-state index contributed by atoms with van der Waals surface area (Å²) in [4.78, 5) is 52.0. The van der Waals surface area contributed by atoms with E-state index in [-0.39, 0.29) is 16.8 Å². The van der Waals surface area contributed by atoms with Crippen molar-refractivity contribution >= 4 is 29.1 Å². The topological polar surface area (TPSA) is 104 Å². The second-order valence-electron chi connectivity index (χ2n) is 7.30. The molecular weight excluding hydrogens is 410 g/mol. The quantitative estimate of drug-likeness (QED) is 0.339. The Kier molecular flexibility index (Phi) is 5.55. The highest BCUT2D eigenvalue weighted by Crippen LogP contribution is 2.41. The lowest BCUT2D eigenvalue weighted by atomic mass is 9.86. The number of carboxylic acid groups (broad SMARTS) is 1. The fourth-order valence-corrected chi connectivity index (χ4v) is 3.92. The molecule has 32 heavy (non-hydrogen) atoms. The molecule has 2 atom stereocenters. The van der Waals surface area contributed by atoms with Crippen LogP contribution < -0.4 is 14.7 Å². The molecule has 0 aromatic heterocycles. The number of carbonyl (C=O) groups is 4. The summed E-state index contributed by atoms with van der Waals surface area (Å²) in [6.07, 6.45) is 0. The van der Waals surface area contributed by atoms with Gasteiger partial charge in [-0.2, -0.15) is 0 Å². The first kappa shape index (κ1) is 21.0. The van der Waals surface area contributed by atoms with Gasteiger partial charge in [0.25, 0.3) is 5.91 Å². The zero-order chi connectivity index (χ0) is 22.8. The third-order valence-electron chi connectivity index (χ3n) is 5.46. The van der Waals surface area contributed by atoms with E-state index in [0.717, 1.165) is 0 Å². The molecule has 0 saturated carbocycles. The second kappa shape index (κ2) is 8.47. The van der Waals surface area contributed by atoms with E-state index in [1.165, 1.54) is 36.3 Å². The van der Waals surface area contributed by atoms with Crippen LogP contribution in [0.3, 0.4) is 0 Å². The van der Waals surface area contributed by atoms with Crippen molar-refractivity contribution in [2.45, 2.75) is 6.04 Å². The van der Waals surface area contributed by atoms with E-state index < -0.39 is 35.4 Å². The Morgan fingerprint density at radius 3 is 2.19 bits per heavy atom. The molecule has 2 unspecified atom stereocenters. The largest absolute Gasteiger partial charge is 0.545 e. The molecule has 1 fully saturated rings. The number of nitrogens with zero attached hydrogens (tertiary/aromatic N) is 1. The van der Waals surface area contributed by atoms with Crippen molar-refractivity contribution in [3.05, 3.63) is 95.6 Å². The van der Waals surface area contributed by atoms with E-state index in [2.05, 4.69) is 0 Å². The molecule has 1 aliphatic rings. The first-order valence-electron chi connectivity index (χ1n) is 9.84. The van der Waals surface area contributed by atoms with Gasteiger partial charge in [-0.25, -0.2) is 0 Å². The summed E-state index contributed by atoms with van der Waals surface area (Å²) in [6, 6.07) is 19.6. The van der Waals surface area contributed by atoms with E-state index in [4.69, 9.17) is 4.74 Å². The summed E-state index contributed by atoms with van der Waals surface area (Å²) >= 11 is 0. The van der Waals surface area contributed by atoms with Crippen molar-refractivity contribution < 1.29 is 29.0 Å². The van der Waals surface area contributed by atoms with Gasteiger partial charge in [0.1, 0.15) is 11.7 Å². The maximum atomic E-state index is 13.4. The van der Waals surface area contributed by atoms with Crippen molar-refractivity contribution in [3.8, 4) is 5.75 Å². The molecule has 4 rings (SSSR count). The number of ketones is 2. The molecule has 160 valence electrons. The minimum Gasteiger partial charge on any atom is -0.545 e. The zero-order valence-electron chi connectivity index (χ0n) is 17.1. The predicted octanol–water partition coefficient (Wildman–Crippen LogP) is 2.21. The van der Waals surface area contributed by atoms with Crippen LogP contribution >= 0.6 is 0 Å². The molecule has 0 spiro atoms. The number of carbonyl (C=O) groups excluding carboxylic acids is 4. The van der Waals surface area contributed by atoms with Gasteiger partial charge in [-0.05, 0) is 47.5 Å². The number of benzene rings is 3. The molecule has 1 saturated heterocycles. The van der Waals surface area contributed by atoms with Crippen LogP contribution in [0, 0.1) is 5.92 Å². The van der Waals surface area contributed by atoms with E-state index in [1.54, 1.807) is 54.6 Å². The summed E-state index contributed by atoms with van der Waals surface area (Å²) in [5, 5.41) is 11.3. The first-order valence-corrected chi connectivity index (χ1v) is 9.84. The highest BCUT2D eigenvalue weighted by atomic mass is 16.5. The SMILES string of the molecule is COc1ccc(C(=O)C2C(=O)C(=O)N(c3cccc(C(=O)[O-])c3)C2c2ccccc2)cc1. The molecule has 0 N–H and O–H groups in total. The highest BCUT2D eigenvalue weighted by molar-refractivity contribution is 6.49. The number of hydrogen-bond acceptors (Lipinski definition) is 6. The number of carboxylic acids is 1. The van der Waals surface area contributed by atoms with Gasteiger partial charge in [-0.3, -0.25) is 19.3 Å². The number of ether oxygens (including phenoxy) is 1. The molecule has 1 amide bonds. The monoisotopic (exact) mass is 428 g/mol. The van der Waals surface area contributed by atoms with E-state index >= 15 is 0 Å². The maximum absolute atomic E-state index is 13.4. The standard InChI is InChI=1S/C25H19NO6/c1-32-19-12-10-16(11-13-19)22(27)20-21(15-6-3-2-4-7-15)26(24(29)23(20)28)18-9-5-8-17(14-18)25(30)31/h2-14,20-21H,1H3,(H,30,31)/p-1. The highest BCUT2D eigenvalue weighted by Gasteiger charge is 2.52. The Bertz CT molecular complexity index is 1200. The smallest absolute Gasteiger partial charge is 0.295 e. The number of hydrogen-bond donors (Lipinski definition) is 0. The van der Waals surface area contributed by atoms with Crippen molar-refractivity contribution in [1.82, 2.24) is 0 Å². The third-order valence-corrected chi connectivity index (χ3v) is 5.46.